The first-order valence-corrected chi connectivity index (χ1v) is 12.0. The SMILES string of the molecule is O=C(C1CCC1)C1CC2COCC(C1)N2C(=O)OCC1c2ccccc2-c2ccccc21. The molecule has 32 heavy (non-hydrogen) atoms. The lowest BCUT2D eigenvalue weighted by Crippen LogP contribution is -2.60. The molecule has 0 aromatic heterocycles. The van der Waals surface area contributed by atoms with Crippen LogP contribution >= 0.6 is 0 Å². The normalized spacial score (nSPS) is 26.8. The van der Waals surface area contributed by atoms with Crippen LogP contribution in [0.3, 0.4) is 0 Å². The maximum Gasteiger partial charge on any atom is 0.410 e. The number of piperidine rings is 1. The van der Waals surface area contributed by atoms with Crippen molar-refractivity contribution >= 4 is 11.9 Å². The second kappa shape index (κ2) is 8.04. The minimum absolute atomic E-state index is 0.0557. The molecule has 5 nitrogen and oxygen atoms in total. The number of carbonyl (C=O) groups is 2. The fourth-order valence-electron chi connectivity index (χ4n) is 6.14. The Hall–Kier alpha value is -2.66. The minimum Gasteiger partial charge on any atom is -0.448 e. The minimum atomic E-state index is -0.264. The van der Waals surface area contributed by atoms with Gasteiger partial charge in [0.15, 0.2) is 0 Å². The number of carbonyl (C=O) groups excluding carboxylic acids is 2. The highest BCUT2D eigenvalue weighted by atomic mass is 16.6. The maximum atomic E-state index is 13.2. The number of benzene rings is 2. The molecule has 2 heterocycles. The average Bonchev–Trinajstić information content (AvgIpc) is 3.09. The molecule has 2 atom stereocenters. The van der Waals surface area contributed by atoms with E-state index in [9.17, 15) is 9.59 Å². The summed E-state index contributed by atoms with van der Waals surface area (Å²) in [4.78, 5) is 28.0. The third-order valence-electron chi connectivity index (χ3n) is 7.98. The number of rotatable bonds is 4. The topological polar surface area (TPSA) is 55.8 Å². The van der Waals surface area contributed by atoms with Crippen LogP contribution < -0.4 is 0 Å². The van der Waals surface area contributed by atoms with Crippen molar-refractivity contribution in [2.75, 3.05) is 19.8 Å². The van der Waals surface area contributed by atoms with Crippen LogP contribution in [0, 0.1) is 11.8 Å². The van der Waals surface area contributed by atoms with Gasteiger partial charge in [0.05, 0.1) is 25.3 Å². The second-order valence-corrected chi connectivity index (χ2v) is 9.75. The summed E-state index contributed by atoms with van der Waals surface area (Å²) in [6.45, 7) is 1.32. The molecule has 0 N–H and O–H groups in total. The summed E-state index contributed by atoms with van der Waals surface area (Å²) in [5.74, 6) is 0.792. The Morgan fingerprint density at radius 1 is 0.875 bits per heavy atom. The molecule has 2 aliphatic carbocycles. The smallest absolute Gasteiger partial charge is 0.410 e. The van der Waals surface area contributed by atoms with Crippen molar-refractivity contribution in [3.8, 4) is 11.1 Å². The number of ketones is 1. The van der Waals surface area contributed by atoms with Crippen molar-refractivity contribution in [1.29, 1.82) is 0 Å². The number of hydrogen-bond donors (Lipinski definition) is 0. The zero-order chi connectivity index (χ0) is 21.7. The van der Waals surface area contributed by atoms with E-state index >= 15 is 0 Å². The zero-order valence-electron chi connectivity index (χ0n) is 18.2. The molecule has 2 bridgehead atoms. The molecule has 5 heteroatoms. The van der Waals surface area contributed by atoms with Gasteiger partial charge in [0, 0.05) is 17.8 Å². The molecule has 1 saturated carbocycles. The summed E-state index contributed by atoms with van der Waals surface area (Å²) in [6, 6.07) is 16.6. The third-order valence-corrected chi connectivity index (χ3v) is 7.98. The second-order valence-electron chi connectivity index (χ2n) is 9.75. The summed E-state index contributed by atoms with van der Waals surface area (Å²) < 4.78 is 11.7. The van der Waals surface area contributed by atoms with Crippen LogP contribution in [0.4, 0.5) is 4.79 Å². The number of ether oxygens (including phenoxy) is 2. The van der Waals surface area contributed by atoms with Gasteiger partial charge in [-0.3, -0.25) is 9.69 Å². The van der Waals surface area contributed by atoms with Gasteiger partial charge in [-0.05, 0) is 47.9 Å². The monoisotopic (exact) mass is 431 g/mol. The van der Waals surface area contributed by atoms with E-state index in [0.717, 1.165) is 12.8 Å². The van der Waals surface area contributed by atoms with E-state index in [1.165, 1.54) is 28.7 Å². The Morgan fingerprint density at radius 2 is 1.47 bits per heavy atom. The molecule has 1 amide bonds. The Bertz CT molecular complexity index is 986. The number of nitrogens with zero attached hydrogens (tertiary/aromatic N) is 1. The van der Waals surface area contributed by atoms with E-state index in [4.69, 9.17) is 9.47 Å². The van der Waals surface area contributed by atoms with Gasteiger partial charge in [-0.15, -0.1) is 0 Å². The van der Waals surface area contributed by atoms with Gasteiger partial charge in [-0.2, -0.15) is 0 Å². The van der Waals surface area contributed by atoms with Crippen molar-refractivity contribution in [3.05, 3.63) is 59.7 Å². The Kier molecular flexibility index (Phi) is 5.02. The summed E-state index contributed by atoms with van der Waals surface area (Å²) in [7, 11) is 0. The lowest BCUT2D eigenvalue weighted by atomic mass is 9.73. The largest absolute Gasteiger partial charge is 0.448 e. The van der Waals surface area contributed by atoms with Crippen molar-refractivity contribution in [3.63, 3.8) is 0 Å². The molecular formula is C27H29NO4. The van der Waals surface area contributed by atoms with Gasteiger partial charge in [0.25, 0.3) is 0 Å². The van der Waals surface area contributed by atoms with Gasteiger partial charge in [-0.1, -0.05) is 55.0 Å². The highest BCUT2D eigenvalue weighted by molar-refractivity contribution is 5.84. The predicted molar refractivity (Wildman–Crippen MR) is 120 cm³/mol. The van der Waals surface area contributed by atoms with E-state index in [1.807, 2.05) is 17.0 Å². The average molecular weight is 432 g/mol. The summed E-state index contributed by atoms with van der Waals surface area (Å²) in [6.07, 6.45) is 4.39. The number of Topliss-reactive ketones (excluding diaryl/α,β-unsaturated/α-hetero) is 1. The fraction of sp³-hybridized carbons (Fsp3) is 0.481. The van der Waals surface area contributed by atoms with Gasteiger partial charge >= 0.3 is 6.09 Å². The van der Waals surface area contributed by atoms with Crippen LogP contribution in [0.1, 0.15) is 49.1 Å². The number of morpholine rings is 1. The zero-order valence-corrected chi connectivity index (χ0v) is 18.2. The van der Waals surface area contributed by atoms with Crippen molar-refractivity contribution < 1.29 is 19.1 Å². The summed E-state index contributed by atoms with van der Waals surface area (Å²) in [5, 5.41) is 0. The van der Waals surface area contributed by atoms with Crippen molar-refractivity contribution in [1.82, 2.24) is 4.90 Å². The predicted octanol–water partition coefficient (Wildman–Crippen LogP) is 4.78. The first kappa shape index (κ1) is 20.0. The first-order valence-electron chi connectivity index (χ1n) is 12.0. The first-order chi connectivity index (χ1) is 15.7. The van der Waals surface area contributed by atoms with Gasteiger partial charge < -0.3 is 9.47 Å². The van der Waals surface area contributed by atoms with Crippen LogP contribution in [-0.4, -0.2) is 48.7 Å². The molecule has 2 aromatic carbocycles. The standard InChI is InChI=1S/C27H29NO4/c29-26(17-6-5-7-17)18-12-19-14-31-15-20(13-18)28(19)27(30)32-16-25-23-10-3-1-8-21(23)22-9-2-4-11-24(22)25/h1-4,8-11,17-20,25H,5-7,12-16H2. The maximum absolute atomic E-state index is 13.2. The molecule has 2 aliphatic heterocycles. The molecule has 2 saturated heterocycles. The highest BCUT2D eigenvalue weighted by Crippen LogP contribution is 2.45. The molecule has 0 spiro atoms. The molecule has 2 unspecified atom stereocenters. The molecule has 4 aliphatic rings. The van der Waals surface area contributed by atoms with E-state index in [1.54, 1.807) is 0 Å². The van der Waals surface area contributed by atoms with E-state index < -0.39 is 0 Å². The number of fused-ring (bicyclic) bond motifs is 5. The Morgan fingerprint density at radius 3 is 2.03 bits per heavy atom. The van der Waals surface area contributed by atoms with Crippen LogP contribution in [0.15, 0.2) is 48.5 Å². The van der Waals surface area contributed by atoms with Crippen molar-refractivity contribution in [2.45, 2.75) is 50.1 Å². The van der Waals surface area contributed by atoms with E-state index in [-0.39, 0.29) is 35.9 Å². The lowest BCUT2D eigenvalue weighted by Gasteiger charge is -2.48. The van der Waals surface area contributed by atoms with Gasteiger partial charge in [0.2, 0.25) is 0 Å². The Balaban J connectivity index is 1.16. The highest BCUT2D eigenvalue weighted by Gasteiger charge is 2.46. The van der Waals surface area contributed by atoms with Crippen LogP contribution in [-0.2, 0) is 14.3 Å². The fourth-order valence-corrected chi connectivity index (χ4v) is 6.14. The molecule has 2 aromatic rings. The van der Waals surface area contributed by atoms with Gasteiger partial charge in [-0.25, -0.2) is 4.79 Å². The van der Waals surface area contributed by atoms with Crippen LogP contribution in [0.25, 0.3) is 11.1 Å². The van der Waals surface area contributed by atoms with Crippen LogP contribution in [0.2, 0.25) is 0 Å². The number of hydrogen-bond acceptors (Lipinski definition) is 4. The lowest BCUT2D eigenvalue weighted by molar-refractivity contribution is -0.137. The van der Waals surface area contributed by atoms with Crippen molar-refractivity contribution in [2.24, 2.45) is 11.8 Å². The molecule has 0 radical (unpaired) electrons. The van der Waals surface area contributed by atoms with Gasteiger partial charge in [0.1, 0.15) is 12.4 Å². The van der Waals surface area contributed by atoms with Crippen LogP contribution in [0.5, 0.6) is 0 Å². The molecular weight excluding hydrogens is 402 g/mol. The third kappa shape index (κ3) is 3.25. The Labute approximate surface area is 188 Å². The molecule has 3 fully saturated rings. The molecule has 166 valence electrons. The summed E-state index contributed by atoms with van der Waals surface area (Å²) in [5.41, 5.74) is 4.89. The molecule has 6 rings (SSSR count). The number of amides is 1. The summed E-state index contributed by atoms with van der Waals surface area (Å²) >= 11 is 0. The van der Waals surface area contributed by atoms with E-state index in [0.29, 0.717) is 38.4 Å². The quantitative estimate of drug-likeness (QED) is 0.699. The van der Waals surface area contributed by atoms with E-state index in [2.05, 4.69) is 36.4 Å².